The molecule has 9 heteroatoms. The van der Waals surface area contributed by atoms with E-state index in [0.717, 1.165) is 10.8 Å². The van der Waals surface area contributed by atoms with Crippen molar-refractivity contribution in [2.45, 2.75) is 71.5 Å². The Hall–Kier alpha value is -2.68. The minimum atomic E-state index is -0.877. The number of nitrogens with one attached hydrogen (secondary N) is 2. The molecule has 3 atom stereocenters. The third-order valence-corrected chi connectivity index (χ3v) is 5.87. The summed E-state index contributed by atoms with van der Waals surface area (Å²) in [4.78, 5) is 39.0. The summed E-state index contributed by atoms with van der Waals surface area (Å²) in [6.07, 6.45) is 2.14. The van der Waals surface area contributed by atoms with Gasteiger partial charge in [-0.05, 0) is 55.5 Å². The summed E-state index contributed by atoms with van der Waals surface area (Å²) < 4.78 is 5.74. The van der Waals surface area contributed by atoms with E-state index >= 15 is 0 Å². The summed E-state index contributed by atoms with van der Waals surface area (Å²) in [6, 6.07) is 10.7. The van der Waals surface area contributed by atoms with Gasteiger partial charge in [0, 0.05) is 5.39 Å². The second kappa shape index (κ2) is 15.4. The topological polar surface area (TPSA) is 137 Å². The monoisotopic (exact) mass is 520 g/mol. The lowest BCUT2D eigenvalue weighted by Crippen LogP contribution is -2.56. The van der Waals surface area contributed by atoms with Gasteiger partial charge in [0.1, 0.15) is 17.8 Å². The first-order chi connectivity index (χ1) is 16.6. The van der Waals surface area contributed by atoms with Crippen molar-refractivity contribution in [2.75, 3.05) is 6.54 Å². The number of hydrogen-bond acceptors (Lipinski definition) is 6. The van der Waals surface area contributed by atoms with Crippen LogP contribution in [-0.2, 0) is 14.4 Å². The third-order valence-electron chi connectivity index (χ3n) is 5.87. The van der Waals surface area contributed by atoms with E-state index in [2.05, 4.69) is 10.6 Å². The molecule has 6 N–H and O–H groups in total. The van der Waals surface area contributed by atoms with Gasteiger partial charge in [-0.1, -0.05) is 64.1 Å². The fourth-order valence-electron chi connectivity index (χ4n) is 3.75. The van der Waals surface area contributed by atoms with Crippen molar-refractivity contribution in [3.63, 3.8) is 0 Å². The number of amides is 2. The van der Waals surface area contributed by atoms with Crippen LogP contribution in [0.15, 0.2) is 42.5 Å². The second-order valence-electron chi connectivity index (χ2n) is 9.70. The van der Waals surface area contributed by atoms with E-state index in [1.807, 2.05) is 64.1 Å². The Labute approximate surface area is 220 Å². The van der Waals surface area contributed by atoms with E-state index < -0.39 is 30.0 Å². The van der Waals surface area contributed by atoms with Crippen LogP contribution in [0.4, 0.5) is 0 Å². The summed E-state index contributed by atoms with van der Waals surface area (Å²) in [7, 11) is 0. The van der Waals surface area contributed by atoms with Crippen molar-refractivity contribution in [1.29, 1.82) is 0 Å². The number of esters is 1. The lowest BCUT2D eigenvalue weighted by Gasteiger charge is -2.25. The first kappa shape index (κ1) is 31.4. The van der Waals surface area contributed by atoms with Gasteiger partial charge < -0.3 is 26.8 Å². The quantitative estimate of drug-likeness (QED) is 0.182. The van der Waals surface area contributed by atoms with Gasteiger partial charge in [-0.3, -0.25) is 9.59 Å². The molecule has 0 aliphatic rings. The zero-order valence-corrected chi connectivity index (χ0v) is 22.5. The van der Waals surface area contributed by atoms with E-state index in [-0.39, 0.29) is 30.2 Å². The maximum Gasteiger partial charge on any atom is 0.334 e. The van der Waals surface area contributed by atoms with Crippen molar-refractivity contribution in [2.24, 2.45) is 23.3 Å². The van der Waals surface area contributed by atoms with E-state index in [0.29, 0.717) is 38.0 Å². The molecule has 0 spiro atoms. The SMILES string of the molecule is CC(C)C[C@H](NC(=O)[C@H](N)C(C)C)C(=O)N[C@@H](CCCCN)C(=O)Oc1cccc2ccccc12.Cl. The van der Waals surface area contributed by atoms with Crippen LogP contribution < -0.4 is 26.8 Å². The van der Waals surface area contributed by atoms with Gasteiger partial charge >= 0.3 is 5.97 Å². The molecule has 8 nitrogen and oxygen atoms in total. The smallest absolute Gasteiger partial charge is 0.334 e. The highest BCUT2D eigenvalue weighted by molar-refractivity contribution is 5.94. The average Bonchev–Trinajstić information content (AvgIpc) is 2.82. The second-order valence-corrected chi connectivity index (χ2v) is 9.70. The van der Waals surface area contributed by atoms with Crippen molar-refractivity contribution < 1.29 is 19.1 Å². The van der Waals surface area contributed by atoms with Gasteiger partial charge in [-0.2, -0.15) is 0 Å². The Balaban J connectivity index is 0.00000648. The molecule has 0 fully saturated rings. The average molecular weight is 521 g/mol. The van der Waals surface area contributed by atoms with Gasteiger partial charge in [0.25, 0.3) is 0 Å². The summed E-state index contributed by atoms with van der Waals surface area (Å²) >= 11 is 0. The lowest BCUT2D eigenvalue weighted by molar-refractivity contribution is -0.140. The van der Waals surface area contributed by atoms with E-state index in [4.69, 9.17) is 16.2 Å². The van der Waals surface area contributed by atoms with Gasteiger partial charge in [0.2, 0.25) is 11.8 Å². The van der Waals surface area contributed by atoms with Gasteiger partial charge in [-0.25, -0.2) is 4.79 Å². The molecular weight excluding hydrogens is 480 g/mol. The number of carbonyl (C=O) groups is 3. The van der Waals surface area contributed by atoms with Crippen LogP contribution in [0.1, 0.15) is 53.4 Å². The lowest BCUT2D eigenvalue weighted by atomic mass is 10.00. The molecule has 2 aromatic carbocycles. The summed E-state index contributed by atoms with van der Waals surface area (Å²) in [5, 5.41) is 7.34. The van der Waals surface area contributed by atoms with Crippen LogP contribution >= 0.6 is 12.4 Å². The third kappa shape index (κ3) is 9.41. The van der Waals surface area contributed by atoms with Gasteiger partial charge in [-0.15, -0.1) is 12.4 Å². The summed E-state index contributed by atoms with van der Waals surface area (Å²) in [6.45, 7) is 8.10. The normalized spacial score (nSPS) is 13.6. The van der Waals surface area contributed by atoms with Crippen molar-refractivity contribution in [3.05, 3.63) is 42.5 Å². The molecule has 2 amide bonds. The molecule has 0 aromatic heterocycles. The molecule has 0 bridgehead atoms. The molecule has 200 valence electrons. The van der Waals surface area contributed by atoms with Crippen LogP contribution in [-0.4, -0.2) is 42.5 Å². The fraction of sp³-hybridized carbons (Fsp3) is 0.519. The molecule has 0 saturated heterocycles. The molecule has 0 radical (unpaired) electrons. The van der Waals surface area contributed by atoms with E-state index in [1.165, 1.54) is 0 Å². The largest absolute Gasteiger partial charge is 0.424 e. The van der Waals surface area contributed by atoms with Crippen LogP contribution in [0.2, 0.25) is 0 Å². The number of benzene rings is 2. The summed E-state index contributed by atoms with van der Waals surface area (Å²) in [5.74, 6) is -0.882. The first-order valence-corrected chi connectivity index (χ1v) is 12.4. The number of hydrogen-bond donors (Lipinski definition) is 4. The first-order valence-electron chi connectivity index (χ1n) is 12.4. The number of nitrogens with two attached hydrogens (primary N) is 2. The minimum Gasteiger partial charge on any atom is -0.424 e. The Morgan fingerprint density at radius 3 is 2.17 bits per heavy atom. The number of fused-ring (bicyclic) bond motifs is 1. The minimum absolute atomic E-state index is 0. The van der Waals surface area contributed by atoms with Gasteiger partial charge in [0.15, 0.2) is 0 Å². The number of rotatable bonds is 13. The van der Waals surface area contributed by atoms with Crippen LogP contribution in [0, 0.1) is 11.8 Å². The molecule has 0 unspecified atom stereocenters. The van der Waals surface area contributed by atoms with E-state index in [9.17, 15) is 14.4 Å². The van der Waals surface area contributed by atoms with Crippen LogP contribution in [0.3, 0.4) is 0 Å². The zero-order valence-electron chi connectivity index (χ0n) is 21.7. The predicted octanol–water partition coefficient (Wildman–Crippen LogP) is 3.30. The van der Waals surface area contributed by atoms with E-state index in [1.54, 1.807) is 6.07 Å². The predicted molar refractivity (Wildman–Crippen MR) is 146 cm³/mol. The molecule has 2 rings (SSSR count). The van der Waals surface area contributed by atoms with Crippen LogP contribution in [0.25, 0.3) is 10.8 Å². The molecule has 36 heavy (non-hydrogen) atoms. The Morgan fingerprint density at radius 1 is 0.889 bits per heavy atom. The van der Waals surface area contributed by atoms with Crippen molar-refractivity contribution in [1.82, 2.24) is 10.6 Å². The van der Waals surface area contributed by atoms with Crippen molar-refractivity contribution in [3.8, 4) is 5.75 Å². The molecular formula is C27H41ClN4O4. The highest BCUT2D eigenvalue weighted by atomic mass is 35.5. The number of halogens is 1. The molecule has 0 aliphatic heterocycles. The molecule has 0 aliphatic carbocycles. The Morgan fingerprint density at radius 2 is 1.53 bits per heavy atom. The zero-order chi connectivity index (χ0) is 26.0. The number of carbonyl (C=O) groups excluding carboxylic acids is 3. The highest BCUT2D eigenvalue weighted by Gasteiger charge is 2.30. The fourth-order valence-corrected chi connectivity index (χ4v) is 3.75. The number of ether oxygens (including phenoxy) is 1. The Bertz CT molecular complexity index is 993. The van der Waals surface area contributed by atoms with Crippen molar-refractivity contribution >= 4 is 41.0 Å². The van der Waals surface area contributed by atoms with Crippen LogP contribution in [0.5, 0.6) is 5.75 Å². The van der Waals surface area contributed by atoms with Gasteiger partial charge in [0.05, 0.1) is 6.04 Å². The molecule has 0 saturated carbocycles. The molecule has 2 aromatic rings. The number of unbranched alkanes of at least 4 members (excludes halogenated alkanes) is 1. The maximum atomic E-state index is 13.2. The standard InChI is InChI=1S/C27H40N4O4.ClH/c1-17(2)16-22(31-26(33)24(29)18(3)4)25(32)30-21(13-7-8-15-28)27(34)35-23-14-9-11-19-10-5-6-12-20(19)23;/h5-6,9-12,14,17-18,21-22,24H,7-8,13,15-16,28-29H2,1-4H3,(H,30,32)(H,31,33);1H/t21-,22-,24+;/m0./s1. The Kier molecular flexibility index (Phi) is 13.4. The summed E-state index contributed by atoms with van der Waals surface area (Å²) in [5.41, 5.74) is 11.6. The molecule has 0 heterocycles. The maximum absolute atomic E-state index is 13.2. The highest BCUT2D eigenvalue weighted by Crippen LogP contribution is 2.25.